The van der Waals surface area contributed by atoms with E-state index < -0.39 is 0 Å². The minimum atomic E-state index is -0.175. The maximum Gasteiger partial charge on any atom is 0.270 e. The maximum atomic E-state index is 12.3. The highest BCUT2D eigenvalue weighted by Gasteiger charge is 2.12. The predicted molar refractivity (Wildman–Crippen MR) is 102 cm³/mol. The van der Waals surface area contributed by atoms with Gasteiger partial charge in [-0.25, -0.2) is 9.97 Å². The average Bonchev–Trinajstić information content (AvgIpc) is 2.63. The monoisotopic (exact) mass is 360 g/mol. The first-order chi connectivity index (χ1) is 12.1. The number of carbonyl (C=O) groups is 1. The number of anilines is 1. The largest absolute Gasteiger partial charge is 0.357 e. The van der Waals surface area contributed by atoms with Crippen molar-refractivity contribution in [2.75, 3.05) is 24.5 Å². The second-order valence-electron chi connectivity index (χ2n) is 5.88. The molecule has 0 spiro atoms. The average molecular weight is 361 g/mol. The van der Waals surface area contributed by atoms with Crippen LogP contribution in [0, 0.1) is 0 Å². The molecule has 0 unspecified atom stereocenters. The first-order valence-electron chi connectivity index (χ1n) is 8.73. The van der Waals surface area contributed by atoms with Gasteiger partial charge in [-0.15, -0.1) is 0 Å². The number of nitrogens with zero attached hydrogens (tertiary/aromatic N) is 3. The Hall–Kier alpha value is -2.14. The van der Waals surface area contributed by atoms with Crippen LogP contribution in [0.5, 0.6) is 0 Å². The van der Waals surface area contributed by atoms with Crippen molar-refractivity contribution in [1.29, 1.82) is 0 Å². The molecular weight excluding hydrogens is 336 g/mol. The van der Waals surface area contributed by atoms with Crippen LogP contribution in [0.4, 0.5) is 5.82 Å². The van der Waals surface area contributed by atoms with Crippen LogP contribution in [-0.4, -0.2) is 35.5 Å². The van der Waals surface area contributed by atoms with E-state index in [9.17, 15) is 4.79 Å². The number of benzene rings is 1. The van der Waals surface area contributed by atoms with Crippen molar-refractivity contribution < 1.29 is 4.79 Å². The van der Waals surface area contributed by atoms with E-state index >= 15 is 0 Å². The van der Waals surface area contributed by atoms with Crippen molar-refractivity contribution >= 4 is 23.3 Å². The van der Waals surface area contributed by atoms with Crippen LogP contribution < -0.4 is 10.2 Å². The van der Waals surface area contributed by atoms with Crippen LogP contribution in [0.25, 0.3) is 0 Å². The number of amides is 1. The molecular formula is C19H25ClN4O. The molecule has 0 aliphatic heterocycles. The Morgan fingerprint density at radius 1 is 1.12 bits per heavy atom. The van der Waals surface area contributed by atoms with Crippen LogP contribution >= 0.6 is 11.6 Å². The normalized spacial score (nSPS) is 10.5. The molecule has 1 N–H and O–H groups in total. The Bertz CT molecular complexity index is 669. The Morgan fingerprint density at radius 3 is 2.44 bits per heavy atom. The van der Waals surface area contributed by atoms with E-state index in [4.69, 9.17) is 11.6 Å². The molecule has 0 radical (unpaired) electrons. The summed E-state index contributed by atoms with van der Waals surface area (Å²) in [6.45, 7) is 6.65. The topological polar surface area (TPSA) is 58.1 Å². The highest BCUT2D eigenvalue weighted by molar-refractivity contribution is 6.30. The molecule has 2 aromatic rings. The highest BCUT2D eigenvalue weighted by atomic mass is 35.5. The van der Waals surface area contributed by atoms with E-state index in [1.54, 1.807) is 6.07 Å². The van der Waals surface area contributed by atoms with E-state index in [0.29, 0.717) is 17.3 Å². The van der Waals surface area contributed by atoms with Gasteiger partial charge in [-0.05, 0) is 37.0 Å². The molecule has 1 aromatic heterocycles. The number of nitrogens with one attached hydrogen (secondary N) is 1. The quantitative estimate of drug-likeness (QED) is 0.740. The zero-order valence-electron chi connectivity index (χ0n) is 14.8. The summed E-state index contributed by atoms with van der Waals surface area (Å²) < 4.78 is 0. The van der Waals surface area contributed by atoms with Gasteiger partial charge in [0.2, 0.25) is 0 Å². The maximum absolute atomic E-state index is 12.3. The summed E-state index contributed by atoms with van der Waals surface area (Å²) in [5, 5.41) is 3.62. The lowest BCUT2D eigenvalue weighted by molar-refractivity contribution is 0.0949. The van der Waals surface area contributed by atoms with Gasteiger partial charge in [-0.1, -0.05) is 37.6 Å². The number of carbonyl (C=O) groups excluding carboxylic acids is 1. The summed E-state index contributed by atoms with van der Waals surface area (Å²) in [5.74, 6) is 0.632. The summed E-state index contributed by atoms with van der Waals surface area (Å²) in [6.07, 6.45) is 4.28. The fourth-order valence-corrected chi connectivity index (χ4v) is 2.71. The zero-order valence-corrected chi connectivity index (χ0v) is 15.6. The van der Waals surface area contributed by atoms with E-state index in [2.05, 4.69) is 34.0 Å². The fraction of sp³-hybridized carbons (Fsp3) is 0.421. The molecule has 0 fully saturated rings. The first-order valence-corrected chi connectivity index (χ1v) is 9.11. The SMILES string of the molecule is CCCN(CCC)c1cc(C(=O)NCCc2ccc(Cl)cc2)ncn1. The van der Waals surface area contributed by atoms with Gasteiger partial charge >= 0.3 is 0 Å². The second-order valence-corrected chi connectivity index (χ2v) is 6.32. The molecule has 0 bridgehead atoms. The number of hydrogen-bond acceptors (Lipinski definition) is 4. The lowest BCUT2D eigenvalue weighted by atomic mass is 10.1. The smallest absolute Gasteiger partial charge is 0.270 e. The number of halogens is 1. The standard InChI is InChI=1S/C19H25ClN4O/c1-3-11-24(12-4-2)18-13-17(22-14-23-18)19(25)21-10-9-15-5-7-16(20)8-6-15/h5-8,13-14H,3-4,9-12H2,1-2H3,(H,21,25). The van der Waals surface area contributed by atoms with Crippen LogP contribution in [0.1, 0.15) is 42.7 Å². The van der Waals surface area contributed by atoms with Gasteiger partial charge in [0.05, 0.1) is 0 Å². The lowest BCUT2D eigenvalue weighted by Crippen LogP contribution is -2.29. The van der Waals surface area contributed by atoms with Crippen LogP contribution in [-0.2, 0) is 6.42 Å². The molecule has 1 amide bonds. The van der Waals surface area contributed by atoms with Crippen molar-refractivity contribution in [3.63, 3.8) is 0 Å². The Labute approximate surface area is 154 Å². The van der Waals surface area contributed by atoms with Gasteiger partial charge in [-0.3, -0.25) is 4.79 Å². The van der Waals surface area contributed by atoms with Gasteiger partial charge in [0, 0.05) is 30.7 Å². The third-order valence-electron chi connectivity index (χ3n) is 3.81. The lowest BCUT2D eigenvalue weighted by Gasteiger charge is -2.22. The Kier molecular flexibility index (Phi) is 7.67. The van der Waals surface area contributed by atoms with Gasteiger partial charge in [0.1, 0.15) is 17.8 Å². The van der Waals surface area contributed by atoms with Crippen molar-refractivity contribution in [3.8, 4) is 0 Å². The molecule has 0 aliphatic rings. The molecule has 0 aliphatic carbocycles. The highest BCUT2D eigenvalue weighted by Crippen LogP contribution is 2.13. The molecule has 0 saturated carbocycles. The van der Waals surface area contributed by atoms with Crippen molar-refractivity contribution in [2.24, 2.45) is 0 Å². The molecule has 0 saturated heterocycles. The van der Waals surface area contributed by atoms with Crippen LogP contribution in [0.3, 0.4) is 0 Å². The molecule has 5 nitrogen and oxygen atoms in total. The minimum Gasteiger partial charge on any atom is -0.357 e. The molecule has 0 atom stereocenters. The van der Waals surface area contributed by atoms with Crippen molar-refractivity contribution in [3.05, 3.63) is 52.9 Å². The second kappa shape index (κ2) is 9.99. The Morgan fingerprint density at radius 2 is 1.80 bits per heavy atom. The van der Waals surface area contributed by atoms with Gasteiger partial charge in [0.15, 0.2) is 0 Å². The predicted octanol–water partition coefficient (Wildman–Crippen LogP) is 3.73. The van der Waals surface area contributed by atoms with E-state index in [1.807, 2.05) is 24.3 Å². The molecule has 1 heterocycles. The van der Waals surface area contributed by atoms with Gasteiger partial charge < -0.3 is 10.2 Å². The van der Waals surface area contributed by atoms with E-state index in [0.717, 1.165) is 43.7 Å². The molecule has 1 aromatic carbocycles. The zero-order chi connectivity index (χ0) is 18.1. The third kappa shape index (κ3) is 6.02. The van der Waals surface area contributed by atoms with Gasteiger partial charge in [0.25, 0.3) is 5.91 Å². The van der Waals surface area contributed by atoms with Crippen molar-refractivity contribution in [1.82, 2.24) is 15.3 Å². The van der Waals surface area contributed by atoms with Crippen molar-refractivity contribution in [2.45, 2.75) is 33.1 Å². The molecule has 6 heteroatoms. The summed E-state index contributed by atoms with van der Waals surface area (Å²) in [5.41, 5.74) is 1.53. The number of aromatic nitrogens is 2. The fourth-order valence-electron chi connectivity index (χ4n) is 2.59. The molecule has 2 rings (SSSR count). The summed E-state index contributed by atoms with van der Waals surface area (Å²) in [6, 6.07) is 9.40. The number of hydrogen-bond donors (Lipinski definition) is 1. The van der Waals surface area contributed by atoms with Crippen LogP contribution in [0.15, 0.2) is 36.7 Å². The third-order valence-corrected chi connectivity index (χ3v) is 4.06. The van der Waals surface area contributed by atoms with Gasteiger partial charge in [-0.2, -0.15) is 0 Å². The summed E-state index contributed by atoms with van der Waals surface area (Å²) in [7, 11) is 0. The summed E-state index contributed by atoms with van der Waals surface area (Å²) in [4.78, 5) is 23.0. The number of rotatable bonds is 9. The molecule has 25 heavy (non-hydrogen) atoms. The van der Waals surface area contributed by atoms with E-state index in [-0.39, 0.29) is 5.91 Å². The minimum absolute atomic E-state index is 0.175. The Balaban J connectivity index is 1.94. The molecule has 134 valence electrons. The van der Waals surface area contributed by atoms with Crippen LogP contribution in [0.2, 0.25) is 5.02 Å². The summed E-state index contributed by atoms with van der Waals surface area (Å²) >= 11 is 5.87. The van der Waals surface area contributed by atoms with E-state index in [1.165, 1.54) is 6.33 Å². The first kappa shape index (κ1) is 19.2.